The van der Waals surface area contributed by atoms with Crippen LogP contribution in [0.2, 0.25) is 0 Å². The Morgan fingerprint density at radius 1 is 1.31 bits per heavy atom. The Balaban J connectivity index is 2.00. The largest absolute Gasteiger partial charge is 0.340 e. The summed E-state index contributed by atoms with van der Waals surface area (Å²) in [4.78, 5) is 0.167. The molecular weight excluding hydrogens is 228 g/mol. The molecule has 0 N–H and O–H groups in total. The summed E-state index contributed by atoms with van der Waals surface area (Å²) in [5.41, 5.74) is 0. The second-order valence-corrected chi connectivity index (χ2v) is 5.27. The highest BCUT2D eigenvalue weighted by Gasteiger charge is 2.43. The smallest absolute Gasteiger partial charge is 0.299 e. The lowest BCUT2D eigenvalue weighted by atomic mass is 10.3. The molecule has 0 spiro atoms. The summed E-state index contributed by atoms with van der Waals surface area (Å²) in [7, 11) is -3.67. The van der Waals surface area contributed by atoms with E-state index in [1.54, 1.807) is 18.2 Å². The quantitative estimate of drug-likeness (QED) is 0.584. The normalized spacial score (nSPS) is 24.3. The summed E-state index contributed by atoms with van der Waals surface area (Å²) >= 11 is 0. The zero-order chi connectivity index (χ0) is 11.6. The van der Waals surface area contributed by atoms with Gasteiger partial charge in [-0.25, -0.2) is 4.18 Å². The van der Waals surface area contributed by atoms with Gasteiger partial charge in [0.1, 0.15) is 6.10 Å². The van der Waals surface area contributed by atoms with Crippen LogP contribution in [0.25, 0.3) is 0 Å². The highest BCUT2D eigenvalue weighted by molar-refractivity contribution is 7.86. The zero-order valence-corrected chi connectivity index (χ0v) is 9.81. The fourth-order valence-corrected chi connectivity index (χ4v) is 2.49. The lowest BCUT2D eigenvalue weighted by molar-refractivity contribution is 0.185. The number of rotatable bonds is 5. The van der Waals surface area contributed by atoms with Crippen molar-refractivity contribution < 1.29 is 17.3 Å². The lowest BCUT2D eigenvalue weighted by Crippen LogP contribution is -2.10. The predicted octanol–water partition coefficient (Wildman–Crippen LogP) is 1.92. The van der Waals surface area contributed by atoms with Gasteiger partial charge in [-0.2, -0.15) is 8.42 Å². The van der Waals surface area contributed by atoms with Crippen LogP contribution < -0.4 is 0 Å². The van der Waals surface area contributed by atoms with Gasteiger partial charge in [-0.1, -0.05) is 31.5 Å². The van der Waals surface area contributed by atoms with Gasteiger partial charge in [0.15, 0.2) is 0 Å². The van der Waals surface area contributed by atoms with Crippen LogP contribution in [0.1, 0.15) is 19.8 Å². The molecule has 1 aliphatic heterocycles. The van der Waals surface area contributed by atoms with E-state index in [1.807, 2.05) is 6.92 Å². The summed E-state index contributed by atoms with van der Waals surface area (Å²) in [5, 5.41) is 0. The molecule has 1 aromatic rings. The number of hydrogen-bond donors (Lipinski definition) is 0. The van der Waals surface area contributed by atoms with Crippen LogP contribution >= 0.6 is 0 Å². The molecule has 2 atom stereocenters. The van der Waals surface area contributed by atoms with E-state index < -0.39 is 16.4 Å². The maximum absolute atomic E-state index is 11.7. The number of benzene rings is 1. The molecule has 2 rings (SSSR count). The van der Waals surface area contributed by atoms with Gasteiger partial charge in [0, 0.05) is 0 Å². The third kappa shape index (κ3) is 2.61. The molecule has 0 bridgehead atoms. The predicted molar refractivity (Wildman–Crippen MR) is 58.3 cm³/mol. The highest BCUT2D eigenvalue weighted by Crippen LogP contribution is 2.30. The molecule has 0 amide bonds. The molecule has 4 nitrogen and oxygen atoms in total. The van der Waals surface area contributed by atoms with Crippen molar-refractivity contribution in [3.05, 3.63) is 30.3 Å². The Morgan fingerprint density at radius 3 is 2.62 bits per heavy atom. The van der Waals surface area contributed by atoms with E-state index in [0.29, 0.717) is 0 Å². The van der Waals surface area contributed by atoms with Gasteiger partial charge in [-0.3, -0.25) is 0 Å². The van der Waals surface area contributed by atoms with Crippen LogP contribution in [0.3, 0.4) is 0 Å². The van der Waals surface area contributed by atoms with E-state index >= 15 is 0 Å². The van der Waals surface area contributed by atoms with Crippen molar-refractivity contribution in [3.63, 3.8) is 0 Å². The van der Waals surface area contributed by atoms with E-state index in [2.05, 4.69) is 0 Å². The number of hydrogen-bond acceptors (Lipinski definition) is 4. The van der Waals surface area contributed by atoms with Gasteiger partial charge in [-0.05, 0) is 18.6 Å². The van der Waals surface area contributed by atoms with E-state index in [9.17, 15) is 8.42 Å². The van der Waals surface area contributed by atoms with Crippen LogP contribution in [0.4, 0.5) is 0 Å². The first-order valence-electron chi connectivity index (χ1n) is 5.27. The van der Waals surface area contributed by atoms with Crippen LogP contribution in [0.5, 0.6) is 0 Å². The molecule has 0 radical (unpaired) electrons. The van der Waals surface area contributed by atoms with Crippen molar-refractivity contribution in [2.45, 2.75) is 37.1 Å². The number of ether oxygens (including phenoxy) is 1. The maximum Gasteiger partial charge on any atom is 0.299 e. The van der Waals surface area contributed by atoms with Gasteiger partial charge in [0.05, 0.1) is 4.90 Å². The average molecular weight is 242 g/mol. The van der Waals surface area contributed by atoms with Crippen molar-refractivity contribution in [3.8, 4) is 0 Å². The minimum atomic E-state index is -3.67. The molecule has 16 heavy (non-hydrogen) atoms. The van der Waals surface area contributed by atoms with Gasteiger partial charge in [0.25, 0.3) is 10.1 Å². The first-order chi connectivity index (χ1) is 7.63. The van der Waals surface area contributed by atoms with Gasteiger partial charge in [0.2, 0.25) is 6.29 Å². The van der Waals surface area contributed by atoms with Crippen molar-refractivity contribution in [1.29, 1.82) is 0 Å². The van der Waals surface area contributed by atoms with Gasteiger partial charge >= 0.3 is 0 Å². The van der Waals surface area contributed by atoms with E-state index in [0.717, 1.165) is 12.8 Å². The fourth-order valence-electron chi connectivity index (χ4n) is 1.47. The van der Waals surface area contributed by atoms with Crippen LogP contribution in [0, 0.1) is 0 Å². The van der Waals surface area contributed by atoms with Crippen molar-refractivity contribution >= 4 is 10.1 Å². The minimum absolute atomic E-state index is 0.0662. The second-order valence-electron chi connectivity index (χ2n) is 3.70. The van der Waals surface area contributed by atoms with Crippen LogP contribution in [0.15, 0.2) is 35.2 Å². The molecule has 0 saturated carbocycles. The molecule has 1 fully saturated rings. The van der Waals surface area contributed by atoms with Crippen LogP contribution in [-0.4, -0.2) is 20.8 Å². The van der Waals surface area contributed by atoms with Gasteiger partial charge in [-0.15, -0.1) is 0 Å². The molecular formula is C11H14O4S. The summed E-state index contributed by atoms with van der Waals surface area (Å²) in [6, 6.07) is 8.09. The molecule has 0 aromatic heterocycles. The third-order valence-electron chi connectivity index (χ3n) is 2.36. The Kier molecular flexibility index (Phi) is 3.28. The zero-order valence-electron chi connectivity index (χ0n) is 9.00. The molecule has 88 valence electrons. The highest BCUT2D eigenvalue weighted by atomic mass is 32.2. The molecule has 2 unspecified atom stereocenters. The monoisotopic (exact) mass is 242 g/mol. The molecule has 1 aliphatic rings. The molecule has 1 heterocycles. The van der Waals surface area contributed by atoms with E-state index in [1.165, 1.54) is 12.1 Å². The second kappa shape index (κ2) is 4.53. The average Bonchev–Trinajstić information content (AvgIpc) is 2.97. The van der Waals surface area contributed by atoms with E-state index in [-0.39, 0.29) is 11.0 Å². The summed E-state index contributed by atoms with van der Waals surface area (Å²) in [6.45, 7) is 2.02. The Labute approximate surface area is 95.3 Å². The maximum atomic E-state index is 11.7. The molecule has 5 heteroatoms. The Morgan fingerprint density at radius 2 is 2.00 bits per heavy atom. The topological polar surface area (TPSA) is 55.9 Å². The molecule has 1 saturated heterocycles. The summed E-state index contributed by atoms with van der Waals surface area (Å²) in [6.07, 6.45) is 1.12. The third-order valence-corrected chi connectivity index (χ3v) is 3.66. The Bertz CT molecular complexity index is 440. The van der Waals surface area contributed by atoms with Gasteiger partial charge < -0.3 is 4.74 Å². The minimum Gasteiger partial charge on any atom is -0.340 e. The first-order valence-corrected chi connectivity index (χ1v) is 6.68. The van der Waals surface area contributed by atoms with Crippen molar-refractivity contribution in [2.75, 3.05) is 0 Å². The summed E-state index contributed by atoms with van der Waals surface area (Å²) in [5.74, 6) is 0. The first kappa shape index (κ1) is 11.6. The molecule has 0 aliphatic carbocycles. The standard InChI is InChI=1S/C11H14O4S/c1-2-6-10-11(14-10)15-16(12,13)9-7-4-3-5-8-9/h3-5,7-8,10-11H,2,6H2,1H3. The van der Waals surface area contributed by atoms with E-state index in [4.69, 9.17) is 8.92 Å². The lowest BCUT2D eigenvalue weighted by Gasteiger charge is -2.02. The number of epoxide rings is 1. The Hall–Kier alpha value is -0.910. The van der Waals surface area contributed by atoms with Crippen molar-refractivity contribution in [1.82, 2.24) is 0 Å². The SMILES string of the molecule is CCCC1OC1OS(=O)(=O)c1ccccc1. The molecule has 1 aromatic carbocycles. The van der Waals surface area contributed by atoms with Crippen molar-refractivity contribution in [2.24, 2.45) is 0 Å². The summed E-state index contributed by atoms with van der Waals surface area (Å²) < 4.78 is 33.5. The van der Waals surface area contributed by atoms with Crippen LogP contribution in [-0.2, 0) is 19.0 Å². The fraction of sp³-hybridized carbons (Fsp3) is 0.455.